The first-order valence-electron chi connectivity index (χ1n) is 7.69. The number of aromatic nitrogens is 8. The predicted molar refractivity (Wildman–Crippen MR) is 88.8 cm³/mol. The summed E-state index contributed by atoms with van der Waals surface area (Å²) in [7, 11) is 0. The van der Waals surface area contributed by atoms with Crippen LogP contribution < -0.4 is 0 Å². The third-order valence-electron chi connectivity index (χ3n) is 3.63. The molecule has 0 saturated carbocycles. The summed E-state index contributed by atoms with van der Waals surface area (Å²) in [4.78, 5) is 4.00. The summed E-state index contributed by atoms with van der Waals surface area (Å²) in [5, 5.41) is 20.9. The number of pyridine rings is 1. The van der Waals surface area contributed by atoms with Crippen molar-refractivity contribution in [1.29, 1.82) is 0 Å². The monoisotopic (exact) mass is 374 g/mol. The molecular formula is C15H12F2N8S. The molecule has 0 saturated heterocycles. The Labute approximate surface area is 150 Å². The van der Waals surface area contributed by atoms with Crippen molar-refractivity contribution in [3.8, 4) is 11.4 Å². The van der Waals surface area contributed by atoms with E-state index in [-0.39, 0.29) is 5.65 Å². The minimum atomic E-state index is -2.75. The first-order valence-corrected chi connectivity index (χ1v) is 8.51. The fraction of sp³-hybridized carbons (Fsp3) is 0.200. The maximum absolute atomic E-state index is 13.0. The molecule has 8 nitrogen and oxygen atoms in total. The predicted octanol–water partition coefficient (Wildman–Crippen LogP) is 2.89. The van der Waals surface area contributed by atoms with Gasteiger partial charge < -0.3 is 4.57 Å². The first kappa shape index (κ1) is 16.5. The number of halogens is 2. The quantitative estimate of drug-likeness (QED) is 0.531. The van der Waals surface area contributed by atoms with Gasteiger partial charge in [-0.15, -0.1) is 20.4 Å². The Hall–Kier alpha value is -2.95. The maximum Gasteiger partial charge on any atom is 0.299 e. The van der Waals surface area contributed by atoms with Gasteiger partial charge in [0.05, 0.1) is 0 Å². The average molecular weight is 374 g/mol. The minimum absolute atomic E-state index is 0.263. The highest BCUT2D eigenvalue weighted by Gasteiger charge is 2.19. The van der Waals surface area contributed by atoms with Crippen LogP contribution in [0, 0.1) is 0 Å². The Bertz CT molecular complexity index is 1050. The molecule has 11 heteroatoms. The Balaban J connectivity index is 1.70. The molecule has 0 bridgehead atoms. The standard InChI is InChI=1S/C15H12F2N8S/c1-2-24-13(9-5-7-18-8-6-9)20-22-15(24)26-11-4-3-10-19-21-14(12(16)17)25(10)23-11/h3-8,12H,2H2,1H3. The fourth-order valence-corrected chi connectivity index (χ4v) is 3.29. The molecule has 4 aromatic heterocycles. The highest BCUT2D eigenvalue weighted by Crippen LogP contribution is 2.28. The SMILES string of the molecule is CCn1c(Sc2ccc3nnc(C(F)F)n3n2)nnc1-c1ccncc1. The Morgan fingerprint density at radius 1 is 1.04 bits per heavy atom. The van der Waals surface area contributed by atoms with Crippen LogP contribution in [0.25, 0.3) is 17.0 Å². The lowest BCUT2D eigenvalue weighted by Crippen LogP contribution is -2.02. The molecule has 26 heavy (non-hydrogen) atoms. The number of hydrogen-bond donors (Lipinski definition) is 0. The molecule has 4 aromatic rings. The lowest BCUT2D eigenvalue weighted by Gasteiger charge is -2.07. The maximum atomic E-state index is 13.0. The van der Waals surface area contributed by atoms with Gasteiger partial charge in [-0.05, 0) is 43.0 Å². The molecule has 0 amide bonds. The van der Waals surface area contributed by atoms with E-state index in [0.29, 0.717) is 22.6 Å². The third-order valence-corrected chi connectivity index (χ3v) is 4.54. The van der Waals surface area contributed by atoms with Crippen LogP contribution in [0.2, 0.25) is 0 Å². The molecule has 0 fully saturated rings. The van der Waals surface area contributed by atoms with E-state index in [0.717, 1.165) is 10.1 Å². The highest BCUT2D eigenvalue weighted by molar-refractivity contribution is 7.99. The van der Waals surface area contributed by atoms with Gasteiger partial charge in [-0.25, -0.2) is 8.78 Å². The van der Waals surface area contributed by atoms with Gasteiger partial charge in [0.1, 0.15) is 5.03 Å². The Kier molecular flexibility index (Phi) is 4.29. The molecule has 0 N–H and O–H groups in total. The number of alkyl halides is 2. The third kappa shape index (κ3) is 2.90. The van der Waals surface area contributed by atoms with Crippen LogP contribution in [-0.4, -0.2) is 39.6 Å². The lowest BCUT2D eigenvalue weighted by atomic mass is 10.2. The normalized spacial score (nSPS) is 11.5. The van der Waals surface area contributed by atoms with E-state index in [9.17, 15) is 8.78 Å². The summed E-state index contributed by atoms with van der Waals surface area (Å²) in [5.41, 5.74) is 1.16. The Morgan fingerprint density at radius 2 is 1.85 bits per heavy atom. The van der Waals surface area contributed by atoms with Crippen LogP contribution in [0.15, 0.2) is 46.8 Å². The van der Waals surface area contributed by atoms with E-state index in [1.807, 2.05) is 23.6 Å². The molecule has 0 radical (unpaired) electrons. The second-order valence-electron chi connectivity index (χ2n) is 5.19. The van der Waals surface area contributed by atoms with Crippen LogP contribution >= 0.6 is 11.8 Å². The number of fused-ring (bicyclic) bond motifs is 1. The number of hydrogen-bond acceptors (Lipinski definition) is 7. The van der Waals surface area contributed by atoms with E-state index in [1.54, 1.807) is 24.5 Å². The summed E-state index contributed by atoms with van der Waals surface area (Å²) < 4.78 is 29.0. The molecule has 0 aliphatic rings. The summed E-state index contributed by atoms with van der Waals surface area (Å²) in [6, 6.07) is 6.97. The van der Waals surface area contributed by atoms with Crippen LogP contribution in [0.4, 0.5) is 8.78 Å². The molecule has 0 spiro atoms. The van der Waals surface area contributed by atoms with Crippen molar-refractivity contribution in [2.45, 2.75) is 30.1 Å². The molecule has 0 aliphatic carbocycles. The molecule has 0 aromatic carbocycles. The highest BCUT2D eigenvalue weighted by atomic mass is 32.2. The van der Waals surface area contributed by atoms with Gasteiger partial charge in [0, 0.05) is 24.5 Å². The van der Waals surface area contributed by atoms with E-state index in [2.05, 4.69) is 30.5 Å². The first-order chi connectivity index (χ1) is 12.7. The Morgan fingerprint density at radius 3 is 2.58 bits per heavy atom. The van der Waals surface area contributed by atoms with Crippen molar-refractivity contribution >= 4 is 17.4 Å². The van der Waals surface area contributed by atoms with Gasteiger partial charge in [-0.2, -0.15) is 9.61 Å². The van der Waals surface area contributed by atoms with Gasteiger partial charge in [-0.3, -0.25) is 4.98 Å². The van der Waals surface area contributed by atoms with Gasteiger partial charge in [-0.1, -0.05) is 0 Å². The van der Waals surface area contributed by atoms with Gasteiger partial charge >= 0.3 is 0 Å². The molecular weight excluding hydrogens is 362 g/mol. The zero-order chi connectivity index (χ0) is 18.1. The molecule has 0 unspecified atom stereocenters. The van der Waals surface area contributed by atoms with Crippen molar-refractivity contribution in [3.63, 3.8) is 0 Å². The minimum Gasteiger partial charge on any atom is -0.302 e. The fourth-order valence-electron chi connectivity index (χ4n) is 2.44. The second kappa shape index (κ2) is 6.75. The van der Waals surface area contributed by atoms with E-state index in [1.165, 1.54) is 11.8 Å². The van der Waals surface area contributed by atoms with E-state index >= 15 is 0 Å². The second-order valence-corrected chi connectivity index (χ2v) is 6.18. The van der Waals surface area contributed by atoms with Crippen LogP contribution in [0.3, 0.4) is 0 Å². The van der Waals surface area contributed by atoms with Crippen molar-refractivity contribution in [2.24, 2.45) is 0 Å². The largest absolute Gasteiger partial charge is 0.302 e. The van der Waals surface area contributed by atoms with E-state index in [4.69, 9.17) is 0 Å². The summed E-state index contributed by atoms with van der Waals surface area (Å²) >= 11 is 1.23. The van der Waals surface area contributed by atoms with Crippen molar-refractivity contribution in [1.82, 2.24) is 39.6 Å². The molecule has 0 atom stereocenters. The smallest absolute Gasteiger partial charge is 0.299 e. The zero-order valence-corrected chi connectivity index (χ0v) is 14.3. The average Bonchev–Trinajstić information content (AvgIpc) is 3.26. The van der Waals surface area contributed by atoms with Crippen molar-refractivity contribution < 1.29 is 8.78 Å². The van der Waals surface area contributed by atoms with Gasteiger partial charge in [0.15, 0.2) is 16.6 Å². The zero-order valence-electron chi connectivity index (χ0n) is 13.5. The van der Waals surface area contributed by atoms with E-state index < -0.39 is 12.2 Å². The summed E-state index contributed by atoms with van der Waals surface area (Å²) in [6.07, 6.45) is 0.615. The van der Waals surface area contributed by atoms with Gasteiger partial charge in [0.25, 0.3) is 6.43 Å². The van der Waals surface area contributed by atoms with Gasteiger partial charge in [0.2, 0.25) is 5.82 Å². The molecule has 132 valence electrons. The molecule has 0 aliphatic heterocycles. The number of nitrogens with zero attached hydrogens (tertiary/aromatic N) is 8. The molecule has 4 rings (SSSR count). The molecule has 4 heterocycles. The lowest BCUT2D eigenvalue weighted by molar-refractivity contribution is 0.137. The van der Waals surface area contributed by atoms with Crippen molar-refractivity contribution in [3.05, 3.63) is 42.5 Å². The topological polar surface area (TPSA) is 86.7 Å². The van der Waals surface area contributed by atoms with Crippen LogP contribution in [0.1, 0.15) is 19.2 Å². The van der Waals surface area contributed by atoms with Crippen LogP contribution in [0.5, 0.6) is 0 Å². The number of rotatable bonds is 5. The summed E-state index contributed by atoms with van der Waals surface area (Å²) in [5.74, 6) is 0.216. The van der Waals surface area contributed by atoms with Crippen LogP contribution in [-0.2, 0) is 6.54 Å². The van der Waals surface area contributed by atoms with Crippen molar-refractivity contribution in [2.75, 3.05) is 0 Å². The summed E-state index contributed by atoms with van der Waals surface area (Å²) in [6.45, 7) is 2.62.